The van der Waals surface area contributed by atoms with Gasteiger partial charge in [0.2, 0.25) is 0 Å². The predicted octanol–water partition coefficient (Wildman–Crippen LogP) is 2.24. The minimum Gasteiger partial charge on any atom is -0.378 e. The van der Waals surface area contributed by atoms with Crippen LogP contribution in [-0.2, 0) is 11.2 Å². The lowest BCUT2D eigenvalue weighted by atomic mass is 9.76. The van der Waals surface area contributed by atoms with Crippen molar-refractivity contribution >= 4 is 0 Å². The van der Waals surface area contributed by atoms with Gasteiger partial charge in [0.25, 0.3) is 0 Å². The van der Waals surface area contributed by atoms with Crippen LogP contribution >= 0.6 is 0 Å². The predicted molar refractivity (Wildman–Crippen MR) is 66.5 cm³/mol. The normalized spacial score (nSPS) is 29.5. The number of rotatable bonds is 4. The number of hydrogen-bond donors (Lipinski definition) is 1. The van der Waals surface area contributed by atoms with E-state index in [1.165, 1.54) is 5.56 Å². The molecule has 2 unspecified atom stereocenters. The van der Waals surface area contributed by atoms with E-state index < -0.39 is 0 Å². The number of nitrogens with one attached hydrogen (secondary N) is 1. The fourth-order valence-corrected chi connectivity index (χ4v) is 2.70. The van der Waals surface area contributed by atoms with E-state index in [-0.39, 0.29) is 5.41 Å². The Bertz CT molecular complexity index is 325. The summed E-state index contributed by atoms with van der Waals surface area (Å²) in [4.78, 5) is 0. The lowest BCUT2D eigenvalue weighted by Gasteiger charge is -2.32. The first kappa shape index (κ1) is 11.6. The molecule has 1 fully saturated rings. The largest absolute Gasteiger partial charge is 0.378 e. The van der Waals surface area contributed by atoms with E-state index in [1.54, 1.807) is 0 Å². The average Bonchev–Trinajstić information content (AvgIpc) is 2.62. The molecule has 2 nitrogen and oxygen atoms in total. The van der Waals surface area contributed by atoms with Crippen molar-refractivity contribution in [3.63, 3.8) is 0 Å². The quantitative estimate of drug-likeness (QED) is 0.838. The maximum atomic E-state index is 5.75. The Morgan fingerprint density at radius 2 is 2.12 bits per heavy atom. The van der Waals surface area contributed by atoms with Crippen LogP contribution in [0.2, 0.25) is 0 Å². The van der Waals surface area contributed by atoms with Crippen LogP contribution in [0.25, 0.3) is 0 Å². The molecule has 1 aromatic rings. The lowest BCUT2D eigenvalue weighted by Crippen LogP contribution is -2.40. The highest BCUT2D eigenvalue weighted by molar-refractivity contribution is 5.17. The van der Waals surface area contributed by atoms with E-state index in [1.807, 2.05) is 7.05 Å². The van der Waals surface area contributed by atoms with E-state index in [0.717, 1.165) is 26.0 Å². The van der Waals surface area contributed by atoms with Crippen LogP contribution in [0.15, 0.2) is 30.3 Å². The molecule has 0 aliphatic carbocycles. The third-order valence-corrected chi connectivity index (χ3v) is 3.76. The highest BCUT2D eigenvalue weighted by atomic mass is 16.5. The zero-order valence-electron chi connectivity index (χ0n) is 10.2. The number of ether oxygens (including phenoxy) is 1. The van der Waals surface area contributed by atoms with Crippen molar-refractivity contribution in [1.29, 1.82) is 0 Å². The van der Waals surface area contributed by atoms with Gasteiger partial charge >= 0.3 is 0 Å². The minimum atomic E-state index is 0.274. The smallest absolute Gasteiger partial charge is 0.0619 e. The molecule has 1 heterocycles. The second kappa shape index (κ2) is 4.98. The molecule has 2 atom stereocenters. The van der Waals surface area contributed by atoms with Gasteiger partial charge in [0.1, 0.15) is 0 Å². The van der Waals surface area contributed by atoms with Gasteiger partial charge < -0.3 is 10.1 Å². The van der Waals surface area contributed by atoms with Gasteiger partial charge in [0.15, 0.2) is 0 Å². The van der Waals surface area contributed by atoms with Gasteiger partial charge in [-0.15, -0.1) is 0 Å². The summed E-state index contributed by atoms with van der Waals surface area (Å²) in [5, 5.41) is 3.32. The summed E-state index contributed by atoms with van der Waals surface area (Å²) in [6.07, 6.45) is 2.61. The first-order valence-corrected chi connectivity index (χ1v) is 6.07. The van der Waals surface area contributed by atoms with Gasteiger partial charge in [-0.3, -0.25) is 0 Å². The van der Waals surface area contributed by atoms with Crippen LogP contribution in [0.5, 0.6) is 0 Å². The van der Waals surface area contributed by atoms with Crippen LogP contribution in [0, 0.1) is 5.41 Å². The molecule has 1 aliphatic heterocycles. The van der Waals surface area contributed by atoms with Crippen molar-refractivity contribution < 1.29 is 4.74 Å². The van der Waals surface area contributed by atoms with E-state index in [2.05, 4.69) is 42.6 Å². The first-order valence-electron chi connectivity index (χ1n) is 6.07. The Morgan fingerprint density at radius 3 is 2.69 bits per heavy atom. The topological polar surface area (TPSA) is 21.3 Å². The number of hydrogen-bond acceptors (Lipinski definition) is 2. The van der Waals surface area contributed by atoms with Crippen molar-refractivity contribution in [1.82, 2.24) is 5.32 Å². The fourth-order valence-electron chi connectivity index (χ4n) is 2.70. The summed E-state index contributed by atoms with van der Waals surface area (Å²) in [5.41, 5.74) is 1.69. The highest BCUT2D eigenvalue weighted by Crippen LogP contribution is 2.37. The molecule has 88 valence electrons. The monoisotopic (exact) mass is 219 g/mol. The molecular formula is C14H21NO. The summed E-state index contributed by atoms with van der Waals surface area (Å²) in [7, 11) is 2.03. The van der Waals surface area contributed by atoms with E-state index in [4.69, 9.17) is 4.74 Å². The molecule has 1 N–H and O–H groups in total. The summed E-state index contributed by atoms with van der Waals surface area (Å²) in [6.45, 7) is 4.13. The van der Waals surface area contributed by atoms with Gasteiger partial charge in [0.05, 0.1) is 6.10 Å². The zero-order chi connectivity index (χ0) is 11.4. The maximum Gasteiger partial charge on any atom is 0.0619 e. The minimum absolute atomic E-state index is 0.274. The second-order valence-electron chi connectivity index (χ2n) is 4.82. The lowest BCUT2D eigenvalue weighted by molar-refractivity contribution is 0.0640. The Balaban J connectivity index is 2.14. The van der Waals surface area contributed by atoms with Gasteiger partial charge in [-0.05, 0) is 32.4 Å². The second-order valence-corrected chi connectivity index (χ2v) is 4.82. The van der Waals surface area contributed by atoms with Crippen LogP contribution in [0.3, 0.4) is 0 Å². The molecule has 0 spiro atoms. The van der Waals surface area contributed by atoms with Crippen molar-refractivity contribution in [3.05, 3.63) is 35.9 Å². The van der Waals surface area contributed by atoms with Crippen LogP contribution in [0.4, 0.5) is 0 Å². The molecule has 0 radical (unpaired) electrons. The summed E-state index contributed by atoms with van der Waals surface area (Å²) in [5.74, 6) is 0. The fraction of sp³-hybridized carbons (Fsp3) is 0.571. The summed E-state index contributed by atoms with van der Waals surface area (Å²) < 4.78 is 5.75. The van der Waals surface area contributed by atoms with E-state index in [9.17, 15) is 0 Å². The Labute approximate surface area is 98.0 Å². The van der Waals surface area contributed by atoms with Crippen molar-refractivity contribution in [2.45, 2.75) is 25.9 Å². The molecule has 2 heteroatoms. The molecule has 1 saturated heterocycles. The standard InChI is InChI=1S/C14H21NO/c1-12-14(11-15-2,8-9-16-12)10-13-6-4-3-5-7-13/h3-7,12,15H,8-11H2,1-2H3. The highest BCUT2D eigenvalue weighted by Gasteiger charge is 2.40. The van der Waals surface area contributed by atoms with Crippen molar-refractivity contribution in [2.75, 3.05) is 20.2 Å². The first-order chi connectivity index (χ1) is 7.77. The average molecular weight is 219 g/mol. The van der Waals surface area contributed by atoms with E-state index >= 15 is 0 Å². The third-order valence-electron chi connectivity index (χ3n) is 3.76. The van der Waals surface area contributed by atoms with Crippen LogP contribution in [-0.4, -0.2) is 26.3 Å². The van der Waals surface area contributed by atoms with Crippen LogP contribution in [0.1, 0.15) is 18.9 Å². The SMILES string of the molecule is CNCC1(Cc2ccccc2)CCOC1C. The zero-order valence-corrected chi connectivity index (χ0v) is 10.2. The molecule has 2 rings (SSSR count). The summed E-state index contributed by atoms with van der Waals surface area (Å²) >= 11 is 0. The van der Waals surface area contributed by atoms with Crippen LogP contribution < -0.4 is 5.32 Å². The number of benzene rings is 1. The Kier molecular flexibility index (Phi) is 3.62. The molecule has 0 aromatic heterocycles. The Morgan fingerprint density at radius 1 is 1.38 bits per heavy atom. The molecule has 1 aliphatic rings. The molecule has 0 bridgehead atoms. The molecule has 0 amide bonds. The maximum absolute atomic E-state index is 5.75. The van der Waals surface area contributed by atoms with Gasteiger partial charge in [-0.25, -0.2) is 0 Å². The van der Waals surface area contributed by atoms with Crippen molar-refractivity contribution in [3.8, 4) is 0 Å². The van der Waals surface area contributed by atoms with E-state index in [0.29, 0.717) is 6.10 Å². The van der Waals surface area contributed by atoms with Crippen molar-refractivity contribution in [2.24, 2.45) is 5.41 Å². The molecule has 16 heavy (non-hydrogen) atoms. The third kappa shape index (κ3) is 2.28. The Hall–Kier alpha value is -0.860. The van der Waals surface area contributed by atoms with Gasteiger partial charge in [-0.1, -0.05) is 30.3 Å². The van der Waals surface area contributed by atoms with Gasteiger partial charge in [0, 0.05) is 18.6 Å². The molecular weight excluding hydrogens is 198 g/mol. The summed E-state index contributed by atoms with van der Waals surface area (Å²) in [6, 6.07) is 10.7. The van der Waals surface area contributed by atoms with Gasteiger partial charge in [-0.2, -0.15) is 0 Å². The molecule has 1 aromatic carbocycles. The molecule has 0 saturated carbocycles.